The molecule has 1 unspecified atom stereocenters. The highest BCUT2D eigenvalue weighted by Crippen LogP contribution is 2.34. The van der Waals surface area contributed by atoms with Crippen molar-refractivity contribution >= 4 is 0 Å². The first-order valence-electron chi connectivity index (χ1n) is 6.61. The molecule has 4 nitrogen and oxygen atoms in total. The van der Waals surface area contributed by atoms with Crippen LogP contribution in [0.4, 0.5) is 0 Å². The van der Waals surface area contributed by atoms with Gasteiger partial charge in [-0.05, 0) is 30.2 Å². The minimum absolute atomic E-state index is 0.226. The molecule has 106 valence electrons. The molecule has 1 heterocycles. The second-order valence-electron chi connectivity index (χ2n) is 6.39. The summed E-state index contributed by atoms with van der Waals surface area (Å²) in [6, 6.07) is 5.60. The summed E-state index contributed by atoms with van der Waals surface area (Å²) in [4.78, 5) is 2.15. The third-order valence-electron chi connectivity index (χ3n) is 3.01. The largest absolute Gasteiger partial charge is 0.454 e. The van der Waals surface area contributed by atoms with Gasteiger partial charge in [0, 0.05) is 13.1 Å². The van der Waals surface area contributed by atoms with Crippen molar-refractivity contribution in [1.82, 2.24) is 4.90 Å². The van der Waals surface area contributed by atoms with Gasteiger partial charge in [0.05, 0.1) is 6.10 Å². The van der Waals surface area contributed by atoms with Gasteiger partial charge in [-0.25, -0.2) is 0 Å². The minimum atomic E-state index is -0.512. The Bertz CT molecular complexity index is 440. The van der Waals surface area contributed by atoms with Crippen LogP contribution in [-0.4, -0.2) is 36.9 Å². The third-order valence-corrected chi connectivity index (χ3v) is 3.01. The van der Waals surface area contributed by atoms with Crippen molar-refractivity contribution in [2.75, 3.05) is 26.9 Å². The monoisotopic (exact) mass is 265 g/mol. The zero-order chi connectivity index (χ0) is 14.0. The van der Waals surface area contributed by atoms with Crippen molar-refractivity contribution in [2.24, 2.45) is 5.41 Å². The Morgan fingerprint density at radius 1 is 1.26 bits per heavy atom. The Labute approximate surface area is 114 Å². The molecule has 1 aromatic carbocycles. The normalized spacial score (nSPS) is 15.9. The van der Waals surface area contributed by atoms with E-state index >= 15 is 0 Å². The Balaban J connectivity index is 1.98. The molecule has 0 aromatic heterocycles. The summed E-state index contributed by atoms with van der Waals surface area (Å²) >= 11 is 0. The van der Waals surface area contributed by atoms with Gasteiger partial charge in [0.2, 0.25) is 6.79 Å². The molecule has 1 aliphatic heterocycles. The van der Waals surface area contributed by atoms with Gasteiger partial charge in [0.1, 0.15) is 0 Å². The highest BCUT2D eigenvalue weighted by atomic mass is 16.7. The molecule has 0 saturated heterocycles. The fourth-order valence-electron chi connectivity index (χ4n) is 2.40. The maximum atomic E-state index is 10.3. The molecule has 1 aromatic rings. The Hall–Kier alpha value is -1.26. The second kappa shape index (κ2) is 5.39. The lowest BCUT2D eigenvalue weighted by atomic mass is 9.96. The molecule has 0 aliphatic carbocycles. The van der Waals surface area contributed by atoms with Crippen molar-refractivity contribution in [1.29, 1.82) is 0 Å². The van der Waals surface area contributed by atoms with E-state index in [1.165, 1.54) is 0 Å². The van der Waals surface area contributed by atoms with E-state index in [1.807, 2.05) is 25.2 Å². The zero-order valence-corrected chi connectivity index (χ0v) is 12.1. The molecule has 1 N–H and O–H groups in total. The van der Waals surface area contributed by atoms with E-state index in [2.05, 4.69) is 25.7 Å². The van der Waals surface area contributed by atoms with Crippen LogP contribution in [0, 0.1) is 5.41 Å². The lowest BCUT2D eigenvalue weighted by Crippen LogP contribution is -2.32. The van der Waals surface area contributed by atoms with Gasteiger partial charge in [0.15, 0.2) is 11.5 Å². The van der Waals surface area contributed by atoms with E-state index in [9.17, 15) is 5.11 Å². The highest BCUT2D eigenvalue weighted by molar-refractivity contribution is 5.45. The van der Waals surface area contributed by atoms with Gasteiger partial charge in [-0.3, -0.25) is 0 Å². The first-order chi connectivity index (χ1) is 8.85. The van der Waals surface area contributed by atoms with E-state index in [0.29, 0.717) is 6.54 Å². The van der Waals surface area contributed by atoms with E-state index in [0.717, 1.165) is 23.6 Å². The number of ether oxygens (including phenoxy) is 2. The van der Waals surface area contributed by atoms with Crippen molar-refractivity contribution in [3.8, 4) is 11.5 Å². The molecule has 0 spiro atoms. The van der Waals surface area contributed by atoms with Gasteiger partial charge >= 0.3 is 0 Å². The number of fused-ring (bicyclic) bond motifs is 1. The van der Waals surface area contributed by atoms with Gasteiger partial charge < -0.3 is 19.5 Å². The van der Waals surface area contributed by atoms with E-state index in [1.54, 1.807) is 0 Å². The number of hydrogen-bond acceptors (Lipinski definition) is 4. The van der Waals surface area contributed by atoms with Gasteiger partial charge in [-0.1, -0.05) is 26.8 Å². The van der Waals surface area contributed by atoms with Crippen LogP contribution in [0.2, 0.25) is 0 Å². The Morgan fingerprint density at radius 3 is 2.63 bits per heavy atom. The molecule has 0 radical (unpaired) electrons. The Kier molecular flexibility index (Phi) is 4.02. The number of likely N-dealkylation sites (N-methyl/N-ethyl adjacent to an activating group) is 1. The molecule has 0 bridgehead atoms. The maximum absolute atomic E-state index is 10.3. The summed E-state index contributed by atoms with van der Waals surface area (Å²) in [6.07, 6.45) is -0.512. The number of hydrogen-bond donors (Lipinski definition) is 1. The topological polar surface area (TPSA) is 41.9 Å². The summed E-state index contributed by atoms with van der Waals surface area (Å²) < 4.78 is 10.6. The molecular formula is C15H23NO3. The number of nitrogens with zero attached hydrogens (tertiary/aromatic N) is 1. The van der Waals surface area contributed by atoms with E-state index < -0.39 is 6.10 Å². The average Bonchev–Trinajstić information content (AvgIpc) is 2.72. The van der Waals surface area contributed by atoms with Crippen LogP contribution in [0.15, 0.2) is 18.2 Å². The summed E-state index contributed by atoms with van der Waals surface area (Å²) in [5.74, 6) is 1.47. The second-order valence-corrected chi connectivity index (χ2v) is 6.39. The number of benzene rings is 1. The number of aliphatic hydroxyl groups is 1. The van der Waals surface area contributed by atoms with Gasteiger partial charge in [-0.2, -0.15) is 0 Å². The van der Waals surface area contributed by atoms with Gasteiger partial charge in [-0.15, -0.1) is 0 Å². The van der Waals surface area contributed by atoms with Crippen LogP contribution < -0.4 is 9.47 Å². The predicted octanol–water partition coefficient (Wildman–Crippen LogP) is 2.43. The van der Waals surface area contributed by atoms with E-state index in [-0.39, 0.29) is 12.2 Å². The smallest absolute Gasteiger partial charge is 0.231 e. The lowest BCUT2D eigenvalue weighted by molar-refractivity contribution is 0.108. The zero-order valence-electron chi connectivity index (χ0n) is 12.1. The number of aliphatic hydroxyl groups excluding tert-OH is 1. The number of rotatable bonds is 4. The van der Waals surface area contributed by atoms with Crippen LogP contribution in [0.25, 0.3) is 0 Å². The van der Waals surface area contributed by atoms with Crippen LogP contribution in [0.1, 0.15) is 32.4 Å². The summed E-state index contributed by atoms with van der Waals surface area (Å²) in [6.45, 7) is 8.38. The molecule has 0 fully saturated rings. The quantitative estimate of drug-likeness (QED) is 0.908. The lowest BCUT2D eigenvalue weighted by Gasteiger charge is -2.28. The van der Waals surface area contributed by atoms with E-state index in [4.69, 9.17) is 9.47 Å². The summed E-state index contributed by atoms with van der Waals surface area (Å²) in [5.41, 5.74) is 1.09. The van der Waals surface area contributed by atoms with Crippen molar-refractivity contribution in [3.63, 3.8) is 0 Å². The first kappa shape index (κ1) is 14.2. The maximum Gasteiger partial charge on any atom is 0.231 e. The fraction of sp³-hybridized carbons (Fsp3) is 0.600. The molecule has 0 saturated carbocycles. The molecule has 1 aliphatic rings. The molecule has 1 atom stereocenters. The molecule has 4 heteroatoms. The van der Waals surface area contributed by atoms with Crippen LogP contribution in [0.3, 0.4) is 0 Å². The van der Waals surface area contributed by atoms with Gasteiger partial charge in [0.25, 0.3) is 0 Å². The van der Waals surface area contributed by atoms with Crippen molar-refractivity contribution < 1.29 is 14.6 Å². The molecule has 2 rings (SSSR count). The molecule has 19 heavy (non-hydrogen) atoms. The standard InChI is InChI=1S/C15H23NO3/c1-15(2,3)9-16(4)8-12(17)11-5-6-13-14(7-11)19-10-18-13/h5-7,12,17H,8-10H2,1-4H3. The van der Waals surface area contributed by atoms with Crippen LogP contribution in [0.5, 0.6) is 11.5 Å². The molecule has 0 amide bonds. The predicted molar refractivity (Wildman–Crippen MR) is 74.5 cm³/mol. The molecular weight excluding hydrogens is 242 g/mol. The Morgan fingerprint density at radius 2 is 1.95 bits per heavy atom. The fourth-order valence-corrected chi connectivity index (χ4v) is 2.40. The SMILES string of the molecule is CN(CC(O)c1ccc2c(c1)OCO2)CC(C)(C)C. The third kappa shape index (κ3) is 3.85. The highest BCUT2D eigenvalue weighted by Gasteiger charge is 2.19. The summed E-state index contributed by atoms with van der Waals surface area (Å²) in [5, 5.41) is 10.3. The average molecular weight is 265 g/mol. The first-order valence-corrected chi connectivity index (χ1v) is 6.61. The minimum Gasteiger partial charge on any atom is -0.454 e. The summed E-state index contributed by atoms with van der Waals surface area (Å²) in [7, 11) is 2.03. The van der Waals surface area contributed by atoms with Crippen molar-refractivity contribution in [3.05, 3.63) is 23.8 Å². The van der Waals surface area contributed by atoms with Crippen LogP contribution >= 0.6 is 0 Å². The van der Waals surface area contributed by atoms with Crippen molar-refractivity contribution in [2.45, 2.75) is 26.9 Å². The van der Waals surface area contributed by atoms with Crippen LogP contribution in [-0.2, 0) is 0 Å².